The van der Waals surface area contributed by atoms with Gasteiger partial charge in [-0.15, -0.1) is 0 Å². The minimum absolute atomic E-state index is 0.952. The van der Waals surface area contributed by atoms with Crippen LogP contribution in [0, 0.1) is 12.8 Å². The van der Waals surface area contributed by atoms with Crippen molar-refractivity contribution < 1.29 is 0 Å². The zero-order valence-electron chi connectivity index (χ0n) is 14.1. The molecule has 0 aromatic heterocycles. The number of nitrogens with one attached hydrogen (secondary N) is 1. The van der Waals surface area contributed by atoms with Gasteiger partial charge in [0, 0.05) is 25.3 Å². The van der Waals surface area contributed by atoms with Crippen molar-refractivity contribution in [2.75, 3.05) is 24.5 Å². The van der Waals surface area contributed by atoms with Gasteiger partial charge >= 0.3 is 0 Å². The van der Waals surface area contributed by atoms with Crippen LogP contribution in [-0.2, 0) is 6.54 Å². The van der Waals surface area contributed by atoms with Gasteiger partial charge in [0.25, 0.3) is 0 Å². The number of anilines is 1. The van der Waals surface area contributed by atoms with E-state index in [1.807, 2.05) is 0 Å². The Hall–Kier alpha value is -1.02. The third-order valence-electron chi connectivity index (χ3n) is 4.73. The molecule has 0 radical (unpaired) electrons. The molecule has 1 heterocycles. The van der Waals surface area contributed by atoms with Crippen molar-refractivity contribution in [2.24, 2.45) is 5.92 Å². The molecule has 1 fully saturated rings. The van der Waals surface area contributed by atoms with Crippen molar-refractivity contribution in [2.45, 2.75) is 59.4 Å². The number of hydrogen-bond donors (Lipinski definition) is 1. The first kappa shape index (κ1) is 16.4. The molecule has 0 amide bonds. The van der Waals surface area contributed by atoms with Gasteiger partial charge in [0.1, 0.15) is 0 Å². The van der Waals surface area contributed by atoms with Crippen LogP contribution >= 0.6 is 0 Å². The summed E-state index contributed by atoms with van der Waals surface area (Å²) < 4.78 is 0. The largest absolute Gasteiger partial charge is 0.371 e. The molecule has 2 rings (SSSR count). The Balaban J connectivity index is 2.00. The zero-order valence-corrected chi connectivity index (χ0v) is 14.1. The van der Waals surface area contributed by atoms with E-state index in [-0.39, 0.29) is 0 Å². The summed E-state index contributed by atoms with van der Waals surface area (Å²) in [4.78, 5) is 2.61. The predicted molar refractivity (Wildman–Crippen MR) is 93.0 cm³/mol. The van der Waals surface area contributed by atoms with Crippen molar-refractivity contribution >= 4 is 5.69 Å². The molecule has 0 aliphatic carbocycles. The smallest absolute Gasteiger partial charge is 0.0396 e. The molecule has 0 spiro atoms. The third-order valence-corrected chi connectivity index (χ3v) is 4.73. The second-order valence-electron chi connectivity index (χ2n) is 6.47. The highest BCUT2D eigenvalue weighted by molar-refractivity contribution is 5.54. The van der Waals surface area contributed by atoms with Gasteiger partial charge in [0.2, 0.25) is 0 Å². The maximum Gasteiger partial charge on any atom is 0.0396 e. The Morgan fingerprint density at radius 2 is 2.05 bits per heavy atom. The molecule has 2 nitrogen and oxygen atoms in total. The van der Waals surface area contributed by atoms with Gasteiger partial charge in [-0.1, -0.05) is 38.8 Å². The van der Waals surface area contributed by atoms with Crippen LogP contribution in [0.15, 0.2) is 18.2 Å². The molecule has 1 aromatic carbocycles. The Morgan fingerprint density at radius 3 is 2.76 bits per heavy atom. The molecular weight excluding hydrogens is 256 g/mol. The van der Waals surface area contributed by atoms with E-state index in [2.05, 4.69) is 49.2 Å². The first-order valence-electron chi connectivity index (χ1n) is 8.79. The lowest BCUT2D eigenvalue weighted by Gasteiger charge is -2.25. The van der Waals surface area contributed by atoms with Crippen LogP contribution in [0.4, 0.5) is 5.69 Å². The fourth-order valence-electron chi connectivity index (χ4n) is 3.55. The van der Waals surface area contributed by atoms with Crippen LogP contribution < -0.4 is 10.2 Å². The zero-order chi connectivity index (χ0) is 15.1. The summed E-state index contributed by atoms with van der Waals surface area (Å²) >= 11 is 0. The van der Waals surface area contributed by atoms with Gasteiger partial charge in [-0.3, -0.25) is 0 Å². The SMILES string of the molecule is CCCC1CCCN(c2ccc(CNCC)cc2C)CC1. The molecule has 1 aromatic rings. The number of nitrogens with zero attached hydrogens (tertiary/aromatic N) is 1. The average Bonchev–Trinajstić information content (AvgIpc) is 2.71. The number of rotatable bonds is 6. The predicted octanol–water partition coefficient (Wildman–Crippen LogP) is 4.51. The summed E-state index contributed by atoms with van der Waals surface area (Å²) in [5, 5.41) is 3.41. The summed E-state index contributed by atoms with van der Waals surface area (Å²) in [5.41, 5.74) is 4.28. The van der Waals surface area contributed by atoms with Crippen molar-refractivity contribution in [3.63, 3.8) is 0 Å². The Kier molecular flexibility index (Phi) is 6.56. The van der Waals surface area contributed by atoms with Gasteiger partial charge in [-0.25, -0.2) is 0 Å². The lowest BCUT2D eigenvalue weighted by Crippen LogP contribution is -2.25. The Bertz CT molecular complexity index is 428. The monoisotopic (exact) mass is 288 g/mol. The lowest BCUT2D eigenvalue weighted by atomic mass is 9.96. The quantitative estimate of drug-likeness (QED) is 0.828. The van der Waals surface area contributed by atoms with Gasteiger partial charge in [-0.05, 0) is 55.8 Å². The summed E-state index contributed by atoms with van der Waals surface area (Å²) in [6, 6.07) is 6.98. The van der Waals surface area contributed by atoms with E-state index in [1.54, 1.807) is 0 Å². The molecular formula is C19H32N2. The number of aryl methyl sites for hydroxylation is 1. The average molecular weight is 288 g/mol. The van der Waals surface area contributed by atoms with Gasteiger partial charge in [0.15, 0.2) is 0 Å². The van der Waals surface area contributed by atoms with E-state index in [1.165, 1.54) is 62.0 Å². The maximum absolute atomic E-state index is 3.41. The molecule has 1 N–H and O–H groups in total. The van der Waals surface area contributed by atoms with E-state index in [0.717, 1.165) is 19.0 Å². The molecule has 21 heavy (non-hydrogen) atoms. The summed E-state index contributed by atoms with van der Waals surface area (Å²) in [5.74, 6) is 0.952. The minimum atomic E-state index is 0.952. The Labute approximate surface area is 130 Å². The summed E-state index contributed by atoms with van der Waals surface area (Å²) in [6.07, 6.45) is 6.88. The highest BCUT2D eigenvalue weighted by Gasteiger charge is 2.17. The summed E-state index contributed by atoms with van der Waals surface area (Å²) in [6.45, 7) is 11.2. The van der Waals surface area contributed by atoms with E-state index in [4.69, 9.17) is 0 Å². The molecule has 118 valence electrons. The Morgan fingerprint density at radius 1 is 1.19 bits per heavy atom. The molecule has 1 unspecified atom stereocenters. The van der Waals surface area contributed by atoms with E-state index < -0.39 is 0 Å². The minimum Gasteiger partial charge on any atom is -0.371 e. The van der Waals surface area contributed by atoms with Crippen molar-refractivity contribution in [1.29, 1.82) is 0 Å². The van der Waals surface area contributed by atoms with Crippen LogP contribution in [0.25, 0.3) is 0 Å². The molecule has 1 aliphatic rings. The molecule has 1 saturated heterocycles. The third kappa shape index (κ3) is 4.74. The maximum atomic E-state index is 3.41. The highest BCUT2D eigenvalue weighted by Crippen LogP contribution is 2.28. The first-order valence-corrected chi connectivity index (χ1v) is 8.79. The second-order valence-corrected chi connectivity index (χ2v) is 6.47. The van der Waals surface area contributed by atoms with E-state index in [9.17, 15) is 0 Å². The number of benzene rings is 1. The van der Waals surface area contributed by atoms with Crippen molar-refractivity contribution in [3.8, 4) is 0 Å². The van der Waals surface area contributed by atoms with Crippen LogP contribution in [0.3, 0.4) is 0 Å². The first-order chi connectivity index (χ1) is 10.2. The fraction of sp³-hybridized carbons (Fsp3) is 0.684. The topological polar surface area (TPSA) is 15.3 Å². The van der Waals surface area contributed by atoms with Crippen molar-refractivity contribution in [3.05, 3.63) is 29.3 Å². The van der Waals surface area contributed by atoms with Crippen LogP contribution in [0.1, 0.15) is 57.1 Å². The van der Waals surface area contributed by atoms with E-state index in [0.29, 0.717) is 0 Å². The highest BCUT2D eigenvalue weighted by atomic mass is 15.1. The van der Waals surface area contributed by atoms with Crippen LogP contribution in [0.5, 0.6) is 0 Å². The molecule has 0 saturated carbocycles. The van der Waals surface area contributed by atoms with Crippen molar-refractivity contribution in [1.82, 2.24) is 5.32 Å². The standard InChI is InChI=1S/C19H32N2/c1-4-7-17-8-6-12-21(13-11-17)19-10-9-18(14-16(19)3)15-20-5-2/h9-10,14,17,20H,4-8,11-13,15H2,1-3H3. The molecule has 1 atom stereocenters. The fourth-order valence-corrected chi connectivity index (χ4v) is 3.55. The normalized spacial score (nSPS) is 19.6. The molecule has 1 aliphatic heterocycles. The molecule has 2 heteroatoms. The second kappa shape index (κ2) is 8.43. The summed E-state index contributed by atoms with van der Waals surface area (Å²) in [7, 11) is 0. The van der Waals surface area contributed by atoms with E-state index >= 15 is 0 Å². The lowest BCUT2D eigenvalue weighted by molar-refractivity contribution is 0.435. The van der Waals surface area contributed by atoms with Crippen LogP contribution in [0.2, 0.25) is 0 Å². The molecule has 0 bridgehead atoms. The van der Waals surface area contributed by atoms with Gasteiger partial charge in [-0.2, -0.15) is 0 Å². The van der Waals surface area contributed by atoms with Gasteiger partial charge < -0.3 is 10.2 Å². The number of hydrogen-bond acceptors (Lipinski definition) is 2. The van der Waals surface area contributed by atoms with Gasteiger partial charge in [0.05, 0.1) is 0 Å². The van der Waals surface area contributed by atoms with Crippen LogP contribution in [-0.4, -0.2) is 19.6 Å².